The number of carbonyl (C=O) groups excluding carboxylic acids is 1. The number of aliphatic carboxylic acids is 1. The summed E-state index contributed by atoms with van der Waals surface area (Å²) in [5.74, 6) is -1.23. The quantitative estimate of drug-likeness (QED) is 0.605. The molecule has 0 heterocycles. The highest BCUT2D eigenvalue weighted by Gasteiger charge is 2.36. The number of nitrogens with one attached hydrogen (secondary N) is 1. The lowest BCUT2D eigenvalue weighted by molar-refractivity contribution is -0.148. The number of nitrogens with two attached hydrogens (primary N) is 1. The Morgan fingerprint density at radius 3 is 2.19 bits per heavy atom. The van der Waals surface area contributed by atoms with E-state index in [2.05, 4.69) is 5.32 Å². The molecule has 94 valence electrons. The molecule has 0 saturated heterocycles. The molecule has 0 saturated carbocycles. The molecule has 1 atom stereocenters. The summed E-state index contributed by atoms with van der Waals surface area (Å²) < 4.78 is 0. The standard InChI is InChI=1S/C11H22N2O3/c1-4-11(5-2,10(15)16)13-9(14)7-6-8(3)12/h8H,4-7,12H2,1-3H3,(H,13,14)(H,15,16). The van der Waals surface area contributed by atoms with Gasteiger partial charge in [-0.2, -0.15) is 0 Å². The van der Waals surface area contributed by atoms with E-state index in [1.165, 1.54) is 0 Å². The van der Waals surface area contributed by atoms with Gasteiger partial charge in [-0.05, 0) is 26.2 Å². The molecule has 0 radical (unpaired) electrons. The van der Waals surface area contributed by atoms with Crippen LogP contribution in [-0.2, 0) is 9.59 Å². The van der Waals surface area contributed by atoms with Crippen molar-refractivity contribution >= 4 is 11.9 Å². The summed E-state index contributed by atoms with van der Waals surface area (Å²) in [6, 6.07) is -0.0479. The van der Waals surface area contributed by atoms with Gasteiger partial charge in [-0.3, -0.25) is 4.79 Å². The second-order valence-corrected chi connectivity index (χ2v) is 4.16. The summed E-state index contributed by atoms with van der Waals surface area (Å²) in [6.07, 6.45) is 1.59. The van der Waals surface area contributed by atoms with Crippen LogP contribution in [0.2, 0.25) is 0 Å². The third-order valence-electron chi connectivity index (χ3n) is 2.82. The Kier molecular flexibility index (Phi) is 6.03. The van der Waals surface area contributed by atoms with Gasteiger partial charge in [0.15, 0.2) is 0 Å². The summed E-state index contributed by atoms with van der Waals surface area (Å²) in [4.78, 5) is 22.7. The van der Waals surface area contributed by atoms with Gasteiger partial charge in [0.05, 0.1) is 0 Å². The number of carboxylic acids is 1. The second-order valence-electron chi connectivity index (χ2n) is 4.16. The predicted molar refractivity (Wildman–Crippen MR) is 62.0 cm³/mol. The van der Waals surface area contributed by atoms with E-state index in [1.807, 2.05) is 6.92 Å². The van der Waals surface area contributed by atoms with Crippen molar-refractivity contribution in [1.82, 2.24) is 5.32 Å². The molecule has 16 heavy (non-hydrogen) atoms. The predicted octanol–water partition coefficient (Wildman–Crippen LogP) is 0.873. The molecule has 5 heteroatoms. The number of amides is 1. The van der Waals surface area contributed by atoms with Crippen LogP contribution in [0.5, 0.6) is 0 Å². The molecule has 0 aliphatic carbocycles. The van der Waals surface area contributed by atoms with Crippen LogP contribution >= 0.6 is 0 Å². The summed E-state index contributed by atoms with van der Waals surface area (Å²) in [5.41, 5.74) is 4.40. The first-order chi connectivity index (χ1) is 7.38. The summed E-state index contributed by atoms with van der Waals surface area (Å²) >= 11 is 0. The average molecular weight is 230 g/mol. The molecule has 0 aromatic rings. The summed E-state index contributed by atoms with van der Waals surface area (Å²) in [7, 11) is 0. The zero-order valence-electron chi connectivity index (χ0n) is 10.2. The van der Waals surface area contributed by atoms with Gasteiger partial charge in [0.1, 0.15) is 5.54 Å². The fourth-order valence-corrected chi connectivity index (χ4v) is 1.47. The van der Waals surface area contributed by atoms with Gasteiger partial charge in [0, 0.05) is 12.5 Å². The van der Waals surface area contributed by atoms with E-state index in [0.29, 0.717) is 19.3 Å². The van der Waals surface area contributed by atoms with E-state index in [1.54, 1.807) is 13.8 Å². The van der Waals surface area contributed by atoms with E-state index < -0.39 is 11.5 Å². The molecule has 0 aliphatic heterocycles. The van der Waals surface area contributed by atoms with Crippen LogP contribution in [0.4, 0.5) is 0 Å². The minimum atomic E-state index is -1.13. The highest BCUT2D eigenvalue weighted by Crippen LogP contribution is 2.15. The van der Waals surface area contributed by atoms with Crippen molar-refractivity contribution in [3.05, 3.63) is 0 Å². The van der Waals surface area contributed by atoms with E-state index >= 15 is 0 Å². The maximum Gasteiger partial charge on any atom is 0.329 e. The maximum atomic E-state index is 11.6. The summed E-state index contributed by atoms with van der Waals surface area (Å²) in [5, 5.41) is 11.7. The number of carboxylic acid groups (broad SMARTS) is 1. The zero-order chi connectivity index (χ0) is 12.8. The van der Waals surface area contributed by atoms with E-state index in [-0.39, 0.29) is 18.4 Å². The Morgan fingerprint density at radius 2 is 1.88 bits per heavy atom. The van der Waals surface area contributed by atoms with Crippen molar-refractivity contribution < 1.29 is 14.7 Å². The molecular formula is C11H22N2O3. The van der Waals surface area contributed by atoms with Crippen LogP contribution in [0.15, 0.2) is 0 Å². The third-order valence-corrected chi connectivity index (χ3v) is 2.82. The normalized spacial score (nSPS) is 13.2. The van der Waals surface area contributed by atoms with Gasteiger partial charge in [-0.25, -0.2) is 4.79 Å². The minimum absolute atomic E-state index is 0.0479. The number of rotatable bonds is 7. The third kappa shape index (κ3) is 4.18. The molecule has 0 bridgehead atoms. The molecule has 0 spiro atoms. The highest BCUT2D eigenvalue weighted by atomic mass is 16.4. The van der Waals surface area contributed by atoms with Crippen molar-refractivity contribution in [1.29, 1.82) is 0 Å². The second kappa shape index (κ2) is 6.48. The Bertz CT molecular complexity index is 248. The molecule has 1 unspecified atom stereocenters. The van der Waals surface area contributed by atoms with Gasteiger partial charge < -0.3 is 16.2 Å². The lowest BCUT2D eigenvalue weighted by Crippen LogP contribution is -2.53. The Morgan fingerprint density at radius 1 is 1.38 bits per heavy atom. The topological polar surface area (TPSA) is 92.4 Å². The van der Waals surface area contributed by atoms with Crippen LogP contribution in [-0.4, -0.2) is 28.6 Å². The van der Waals surface area contributed by atoms with Crippen molar-refractivity contribution in [3.63, 3.8) is 0 Å². The van der Waals surface area contributed by atoms with Crippen LogP contribution < -0.4 is 11.1 Å². The minimum Gasteiger partial charge on any atom is -0.480 e. The maximum absolute atomic E-state index is 11.6. The van der Waals surface area contributed by atoms with Gasteiger partial charge in [-0.1, -0.05) is 13.8 Å². The zero-order valence-corrected chi connectivity index (χ0v) is 10.2. The Labute approximate surface area is 96.4 Å². The fraction of sp³-hybridized carbons (Fsp3) is 0.818. The van der Waals surface area contributed by atoms with Crippen molar-refractivity contribution in [2.75, 3.05) is 0 Å². The first-order valence-electron chi connectivity index (χ1n) is 5.68. The van der Waals surface area contributed by atoms with Gasteiger partial charge >= 0.3 is 5.97 Å². The monoisotopic (exact) mass is 230 g/mol. The first kappa shape index (κ1) is 14.9. The van der Waals surface area contributed by atoms with Gasteiger partial charge in [-0.15, -0.1) is 0 Å². The molecule has 0 aliphatic rings. The smallest absolute Gasteiger partial charge is 0.329 e. The number of hydrogen-bond donors (Lipinski definition) is 3. The lowest BCUT2D eigenvalue weighted by Gasteiger charge is -2.28. The SMILES string of the molecule is CCC(CC)(NC(=O)CCC(C)N)C(=O)O. The van der Waals surface area contributed by atoms with Crippen LogP contribution in [0, 0.1) is 0 Å². The molecular weight excluding hydrogens is 208 g/mol. The molecule has 0 aromatic heterocycles. The Balaban J connectivity index is 4.41. The molecule has 0 aromatic carbocycles. The largest absolute Gasteiger partial charge is 0.480 e. The molecule has 5 nitrogen and oxygen atoms in total. The molecule has 0 rings (SSSR count). The van der Waals surface area contributed by atoms with Crippen LogP contribution in [0.3, 0.4) is 0 Å². The average Bonchev–Trinajstić information content (AvgIpc) is 2.22. The summed E-state index contributed by atoms with van der Waals surface area (Å²) in [6.45, 7) is 5.32. The molecule has 1 amide bonds. The van der Waals surface area contributed by atoms with E-state index in [0.717, 1.165) is 0 Å². The van der Waals surface area contributed by atoms with Gasteiger partial charge in [0.2, 0.25) is 5.91 Å². The van der Waals surface area contributed by atoms with E-state index in [9.17, 15) is 9.59 Å². The van der Waals surface area contributed by atoms with Crippen molar-refractivity contribution in [2.24, 2.45) is 5.73 Å². The van der Waals surface area contributed by atoms with Crippen molar-refractivity contribution in [3.8, 4) is 0 Å². The Hall–Kier alpha value is -1.10. The van der Waals surface area contributed by atoms with Gasteiger partial charge in [0.25, 0.3) is 0 Å². The van der Waals surface area contributed by atoms with Crippen molar-refractivity contribution in [2.45, 2.75) is 58.0 Å². The van der Waals surface area contributed by atoms with Crippen LogP contribution in [0.1, 0.15) is 46.5 Å². The number of hydrogen-bond acceptors (Lipinski definition) is 3. The van der Waals surface area contributed by atoms with Crippen LogP contribution in [0.25, 0.3) is 0 Å². The lowest BCUT2D eigenvalue weighted by atomic mass is 9.92. The van der Waals surface area contributed by atoms with E-state index in [4.69, 9.17) is 10.8 Å². The molecule has 0 fully saturated rings. The fourth-order valence-electron chi connectivity index (χ4n) is 1.47. The first-order valence-corrected chi connectivity index (χ1v) is 5.68. The molecule has 4 N–H and O–H groups in total. The highest BCUT2D eigenvalue weighted by molar-refractivity contribution is 5.86. The number of carbonyl (C=O) groups is 2.